The van der Waals surface area contributed by atoms with Gasteiger partial charge in [0.15, 0.2) is 0 Å². The Hall–Kier alpha value is -2.24. The predicted octanol–water partition coefficient (Wildman–Crippen LogP) is 4.31. The Balaban J connectivity index is 2.40. The Morgan fingerprint density at radius 1 is 1.13 bits per heavy atom. The number of carboxylic acid groups (broad SMARTS) is 1. The molecule has 0 aliphatic heterocycles. The van der Waals surface area contributed by atoms with Crippen LogP contribution in [0, 0.1) is 6.92 Å². The lowest BCUT2D eigenvalue weighted by atomic mass is 10.1. The van der Waals surface area contributed by atoms with Crippen molar-refractivity contribution in [2.24, 2.45) is 0 Å². The van der Waals surface area contributed by atoms with Gasteiger partial charge < -0.3 is 14.9 Å². The highest BCUT2D eigenvalue weighted by Crippen LogP contribution is 2.26. The first kappa shape index (κ1) is 18.8. The maximum absolute atomic E-state index is 11.7. The van der Waals surface area contributed by atoms with Gasteiger partial charge in [-0.3, -0.25) is 5.32 Å². The van der Waals surface area contributed by atoms with E-state index < -0.39 is 17.8 Å². The number of phenols is 1. The van der Waals surface area contributed by atoms with Gasteiger partial charge in [-0.05, 0) is 25.0 Å². The Morgan fingerprint density at radius 3 is 2.43 bits per heavy atom. The highest BCUT2D eigenvalue weighted by Gasteiger charge is 2.14. The van der Waals surface area contributed by atoms with Gasteiger partial charge in [0, 0.05) is 6.07 Å². The van der Waals surface area contributed by atoms with Crippen LogP contribution in [0.15, 0.2) is 12.1 Å². The lowest BCUT2D eigenvalue weighted by Crippen LogP contribution is -2.15. The number of aryl methyl sites for hydroxylation is 1. The van der Waals surface area contributed by atoms with E-state index in [1.165, 1.54) is 31.4 Å². The molecule has 0 heterocycles. The quantitative estimate of drug-likeness (QED) is 0.589. The highest BCUT2D eigenvalue weighted by molar-refractivity contribution is 5.93. The van der Waals surface area contributed by atoms with Gasteiger partial charge in [-0.2, -0.15) is 0 Å². The summed E-state index contributed by atoms with van der Waals surface area (Å²) in [6, 6.07) is 2.52. The molecule has 1 aromatic rings. The summed E-state index contributed by atoms with van der Waals surface area (Å²) < 4.78 is 5.08. The number of amides is 1. The van der Waals surface area contributed by atoms with Crippen molar-refractivity contribution in [3.8, 4) is 5.75 Å². The number of carboxylic acids is 1. The second-order valence-electron chi connectivity index (χ2n) is 5.52. The van der Waals surface area contributed by atoms with Gasteiger partial charge in [0.1, 0.15) is 11.3 Å². The predicted molar refractivity (Wildman–Crippen MR) is 88.1 cm³/mol. The van der Waals surface area contributed by atoms with Crippen LogP contribution in [0.25, 0.3) is 0 Å². The second kappa shape index (κ2) is 9.71. The number of aromatic carboxylic acids is 1. The average Bonchev–Trinajstić information content (AvgIpc) is 2.49. The van der Waals surface area contributed by atoms with Crippen LogP contribution in [0.4, 0.5) is 10.5 Å². The van der Waals surface area contributed by atoms with E-state index in [-0.39, 0.29) is 5.56 Å². The van der Waals surface area contributed by atoms with Crippen LogP contribution in [-0.4, -0.2) is 28.9 Å². The van der Waals surface area contributed by atoms with Crippen LogP contribution in [0.3, 0.4) is 0 Å². The van der Waals surface area contributed by atoms with E-state index in [1.54, 1.807) is 6.92 Å². The van der Waals surface area contributed by atoms with Crippen molar-refractivity contribution in [1.29, 1.82) is 0 Å². The molecule has 1 amide bonds. The van der Waals surface area contributed by atoms with Crippen LogP contribution < -0.4 is 5.32 Å². The molecule has 0 aromatic heterocycles. The summed E-state index contributed by atoms with van der Waals surface area (Å²) in [6.45, 7) is 4.15. The molecule has 0 aliphatic carbocycles. The van der Waals surface area contributed by atoms with E-state index in [0.717, 1.165) is 19.3 Å². The van der Waals surface area contributed by atoms with Crippen molar-refractivity contribution < 1.29 is 24.5 Å². The van der Waals surface area contributed by atoms with Crippen LogP contribution >= 0.6 is 0 Å². The second-order valence-corrected chi connectivity index (χ2v) is 5.52. The fourth-order valence-electron chi connectivity index (χ4n) is 2.20. The van der Waals surface area contributed by atoms with Crippen molar-refractivity contribution in [2.75, 3.05) is 11.9 Å². The maximum atomic E-state index is 11.7. The molecule has 0 fully saturated rings. The van der Waals surface area contributed by atoms with Gasteiger partial charge in [-0.1, -0.05) is 39.0 Å². The molecule has 0 atom stereocenters. The molecule has 6 heteroatoms. The number of nitrogens with one attached hydrogen (secondary N) is 1. The zero-order valence-electron chi connectivity index (χ0n) is 13.7. The van der Waals surface area contributed by atoms with Crippen molar-refractivity contribution in [3.05, 3.63) is 23.3 Å². The molecule has 0 bridgehead atoms. The molecule has 0 saturated carbocycles. The van der Waals surface area contributed by atoms with Crippen LogP contribution in [0.2, 0.25) is 0 Å². The van der Waals surface area contributed by atoms with Crippen molar-refractivity contribution >= 4 is 17.7 Å². The smallest absolute Gasteiger partial charge is 0.411 e. The Labute approximate surface area is 136 Å². The van der Waals surface area contributed by atoms with E-state index in [2.05, 4.69) is 12.2 Å². The summed E-state index contributed by atoms with van der Waals surface area (Å²) in [6.07, 6.45) is 6.02. The van der Waals surface area contributed by atoms with Gasteiger partial charge in [0.25, 0.3) is 0 Å². The summed E-state index contributed by atoms with van der Waals surface area (Å²) in [5.41, 5.74) is 0.672. The van der Waals surface area contributed by atoms with Crippen molar-refractivity contribution in [3.63, 3.8) is 0 Å². The summed E-state index contributed by atoms with van der Waals surface area (Å²) in [5, 5.41) is 21.1. The zero-order valence-corrected chi connectivity index (χ0v) is 13.7. The van der Waals surface area contributed by atoms with Crippen LogP contribution in [0.5, 0.6) is 5.75 Å². The van der Waals surface area contributed by atoms with E-state index >= 15 is 0 Å². The average molecular weight is 323 g/mol. The lowest BCUT2D eigenvalue weighted by molar-refractivity contribution is 0.0693. The molecule has 0 radical (unpaired) electrons. The third-order valence-corrected chi connectivity index (χ3v) is 3.54. The van der Waals surface area contributed by atoms with Gasteiger partial charge in [0.2, 0.25) is 0 Å². The molecule has 0 unspecified atom stereocenters. The first-order valence-electron chi connectivity index (χ1n) is 7.96. The summed E-state index contributed by atoms with van der Waals surface area (Å²) in [5.74, 6) is -1.61. The number of carbonyl (C=O) groups excluding carboxylic acids is 1. The SMILES string of the molecule is CCCCCCCCOC(=O)Nc1cc(O)c(C(=O)O)cc1C. The number of hydrogen-bond donors (Lipinski definition) is 3. The monoisotopic (exact) mass is 323 g/mol. The highest BCUT2D eigenvalue weighted by atomic mass is 16.5. The van der Waals surface area contributed by atoms with Crippen molar-refractivity contribution in [1.82, 2.24) is 0 Å². The van der Waals surface area contributed by atoms with Crippen LogP contribution in [0.1, 0.15) is 61.4 Å². The normalized spacial score (nSPS) is 10.3. The summed E-state index contributed by atoms with van der Waals surface area (Å²) in [7, 11) is 0. The molecule has 0 spiro atoms. The van der Waals surface area contributed by atoms with Gasteiger partial charge >= 0.3 is 12.1 Å². The topological polar surface area (TPSA) is 95.9 Å². The molecule has 3 N–H and O–H groups in total. The fraction of sp³-hybridized carbons (Fsp3) is 0.529. The number of unbranched alkanes of at least 4 members (excludes halogenated alkanes) is 5. The molecule has 128 valence electrons. The van der Waals surface area contributed by atoms with Crippen LogP contribution in [-0.2, 0) is 4.74 Å². The Morgan fingerprint density at radius 2 is 1.78 bits per heavy atom. The van der Waals surface area contributed by atoms with E-state index in [1.807, 2.05) is 0 Å². The summed E-state index contributed by atoms with van der Waals surface area (Å²) in [4.78, 5) is 22.6. The summed E-state index contributed by atoms with van der Waals surface area (Å²) >= 11 is 0. The van der Waals surface area contributed by atoms with E-state index in [4.69, 9.17) is 9.84 Å². The van der Waals surface area contributed by atoms with Gasteiger partial charge in [-0.15, -0.1) is 0 Å². The third kappa shape index (κ3) is 6.59. The van der Waals surface area contributed by atoms with Gasteiger partial charge in [-0.25, -0.2) is 9.59 Å². The number of rotatable bonds is 9. The Kier molecular flexibility index (Phi) is 7.94. The minimum atomic E-state index is -1.22. The van der Waals surface area contributed by atoms with E-state index in [9.17, 15) is 14.7 Å². The zero-order chi connectivity index (χ0) is 17.2. The standard InChI is InChI=1S/C17H25NO5/c1-3-4-5-6-7-8-9-23-17(22)18-14-11-15(19)13(16(20)21)10-12(14)2/h10-11,19H,3-9H2,1-2H3,(H,18,22)(H,20,21). The largest absolute Gasteiger partial charge is 0.507 e. The molecule has 1 rings (SSSR count). The van der Waals surface area contributed by atoms with Gasteiger partial charge in [0.05, 0.1) is 12.3 Å². The number of carbonyl (C=O) groups is 2. The third-order valence-electron chi connectivity index (χ3n) is 3.54. The van der Waals surface area contributed by atoms with Crippen molar-refractivity contribution in [2.45, 2.75) is 52.4 Å². The molecular formula is C17H25NO5. The molecule has 1 aromatic carbocycles. The fourth-order valence-corrected chi connectivity index (χ4v) is 2.20. The number of hydrogen-bond acceptors (Lipinski definition) is 4. The number of aromatic hydroxyl groups is 1. The molecule has 6 nitrogen and oxygen atoms in total. The minimum Gasteiger partial charge on any atom is -0.507 e. The minimum absolute atomic E-state index is 0.200. The first-order chi connectivity index (χ1) is 11.0. The van der Waals surface area contributed by atoms with E-state index in [0.29, 0.717) is 17.9 Å². The lowest BCUT2D eigenvalue weighted by Gasteiger charge is -2.11. The Bertz CT molecular complexity index is 542. The molecule has 0 aliphatic rings. The molecule has 0 saturated heterocycles. The maximum Gasteiger partial charge on any atom is 0.411 e. The number of anilines is 1. The molecule has 23 heavy (non-hydrogen) atoms. The first-order valence-corrected chi connectivity index (χ1v) is 7.96. The number of benzene rings is 1. The number of ether oxygens (including phenoxy) is 1. The molecular weight excluding hydrogens is 298 g/mol.